The maximum Gasteiger partial charge on any atom is 0.410 e. The average Bonchev–Trinajstić information content (AvgIpc) is 3.22. The Kier molecular flexibility index (Phi) is 5.67. The summed E-state index contributed by atoms with van der Waals surface area (Å²) in [5.74, 6) is -0.114. The van der Waals surface area contributed by atoms with Crippen LogP contribution in [0.5, 0.6) is 0 Å². The predicted octanol–water partition coefficient (Wildman–Crippen LogP) is 4.62. The molecule has 0 radical (unpaired) electrons. The number of ether oxygens (including phenoxy) is 1. The summed E-state index contributed by atoms with van der Waals surface area (Å²) in [7, 11) is 0. The van der Waals surface area contributed by atoms with Crippen molar-refractivity contribution in [1.29, 1.82) is 0 Å². The van der Waals surface area contributed by atoms with Crippen LogP contribution in [0.4, 0.5) is 4.79 Å². The summed E-state index contributed by atoms with van der Waals surface area (Å²) in [6.07, 6.45) is 4.47. The molecular weight excluding hydrogens is 394 g/mol. The first-order valence-corrected chi connectivity index (χ1v) is 10.5. The van der Waals surface area contributed by atoms with E-state index in [0.717, 1.165) is 22.2 Å². The van der Waals surface area contributed by atoms with E-state index in [-0.39, 0.29) is 18.0 Å². The highest BCUT2D eigenvalue weighted by molar-refractivity contribution is 5.96. The Balaban J connectivity index is 1.35. The number of carbonyl (C=O) groups excluding carboxylic acids is 2. The number of nitrogens with one attached hydrogen (secondary N) is 1. The number of amides is 2. The van der Waals surface area contributed by atoms with E-state index >= 15 is 0 Å². The molecule has 0 spiro atoms. The highest BCUT2D eigenvalue weighted by atomic mass is 16.6. The van der Waals surface area contributed by atoms with Gasteiger partial charge in [-0.05, 0) is 57.9 Å². The van der Waals surface area contributed by atoms with Crippen LogP contribution in [0.15, 0.2) is 53.3 Å². The standard InChI is InChI=1S/C24H27N3O4/c1-24(2,3)31-23(29)27-13-9-18(10-14-27)26-22(28)17-6-4-16(5-7-17)21-19-11-15-30-20(19)8-12-25-21/h4-8,11-12,15,18H,9-10,13-14H2,1-3H3,(H,26,28). The first-order valence-electron chi connectivity index (χ1n) is 10.5. The summed E-state index contributed by atoms with van der Waals surface area (Å²) in [6, 6.07) is 11.2. The molecule has 1 saturated heterocycles. The third kappa shape index (κ3) is 4.87. The monoisotopic (exact) mass is 421 g/mol. The van der Waals surface area contributed by atoms with Crippen LogP contribution in [0.25, 0.3) is 22.2 Å². The fourth-order valence-corrected chi connectivity index (χ4v) is 3.71. The zero-order valence-corrected chi connectivity index (χ0v) is 18.1. The third-order valence-electron chi connectivity index (χ3n) is 5.28. The van der Waals surface area contributed by atoms with Crippen LogP contribution in [0.1, 0.15) is 44.0 Å². The van der Waals surface area contributed by atoms with E-state index in [0.29, 0.717) is 31.5 Å². The highest BCUT2D eigenvalue weighted by Gasteiger charge is 2.27. The van der Waals surface area contributed by atoms with Gasteiger partial charge in [-0.1, -0.05) is 12.1 Å². The van der Waals surface area contributed by atoms with E-state index in [1.165, 1.54) is 0 Å². The Bertz CT molecular complexity index is 1070. The van der Waals surface area contributed by atoms with Crippen molar-refractivity contribution >= 4 is 23.0 Å². The van der Waals surface area contributed by atoms with E-state index in [1.807, 2.05) is 45.0 Å². The molecule has 1 N–H and O–H groups in total. The van der Waals surface area contributed by atoms with Crippen LogP contribution in [0.2, 0.25) is 0 Å². The number of piperidine rings is 1. The molecule has 31 heavy (non-hydrogen) atoms. The van der Waals surface area contributed by atoms with Crippen molar-refractivity contribution in [1.82, 2.24) is 15.2 Å². The molecule has 2 amide bonds. The molecule has 162 valence electrons. The number of hydrogen-bond acceptors (Lipinski definition) is 5. The fourth-order valence-electron chi connectivity index (χ4n) is 3.71. The Labute approximate surface area is 181 Å². The van der Waals surface area contributed by atoms with Crippen molar-refractivity contribution in [3.8, 4) is 11.3 Å². The van der Waals surface area contributed by atoms with Crippen molar-refractivity contribution in [2.75, 3.05) is 13.1 Å². The smallest absolute Gasteiger partial charge is 0.410 e. The summed E-state index contributed by atoms with van der Waals surface area (Å²) in [5.41, 5.74) is 2.62. The van der Waals surface area contributed by atoms with Gasteiger partial charge in [0.25, 0.3) is 5.91 Å². The quantitative estimate of drug-likeness (QED) is 0.667. The van der Waals surface area contributed by atoms with Gasteiger partial charge in [-0.2, -0.15) is 0 Å². The minimum Gasteiger partial charge on any atom is -0.464 e. The number of aromatic nitrogens is 1. The number of likely N-dealkylation sites (tertiary alicyclic amines) is 1. The van der Waals surface area contributed by atoms with Gasteiger partial charge in [0.2, 0.25) is 0 Å². The summed E-state index contributed by atoms with van der Waals surface area (Å²) >= 11 is 0. The van der Waals surface area contributed by atoms with Crippen LogP contribution in [0.3, 0.4) is 0 Å². The second kappa shape index (κ2) is 8.41. The summed E-state index contributed by atoms with van der Waals surface area (Å²) < 4.78 is 10.9. The Hall–Kier alpha value is -3.35. The van der Waals surface area contributed by atoms with Crippen LogP contribution in [-0.2, 0) is 4.74 Å². The molecule has 3 heterocycles. The summed E-state index contributed by atoms with van der Waals surface area (Å²) in [4.78, 5) is 31.0. The molecule has 0 aliphatic carbocycles. The molecule has 7 heteroatoms. The molecule has 1 aliphatic heterocycles. The molecule has 0 bridgehead atoms. The van der Waals surface area contributed by atoms with Crippen molar-refractivity contribution in [3.05, 3.63) is 54.4 Å². The molecule has 1 aliphatic rings. The fraction of sp³-hybridized carbons (Fsp3) is 0.375. The van der Waals surface area contributed by atoms with E-state index in [9.17, 15) is 9.59 Å². The lowest BCUT2D eigenvalue weighted by atomic mass is 10.0. The SMILES string of the molecule is CC(C)(C)OC(=O)N1CCC(NC(=O)c2ccc(-c3nccc4occc34)cc2)CC1. The van der Waals surface area contributed by atoms with Crippen molar-refractivity contribution in [2.45, 2.75) is 45.3 Å². The van der Waals surface area contributed by atoms with E-state index in [1.54, 1.807) is 29.5 Å². The van der Waals surface area contributed by atoms with Gasteiger partial charge in [-0.25, -0.2) is 4.79 Å². The summed E-state index contributed by atoms with van der Waals surface area (Å²) in [6.45, 7) is 6.71. The van der Waals surface area contributed by atoms with Crippen molar-refractivity contribution < 1.29 is 18.7 Å². The van der Waals surface area contributed by atoms with E-state index in [4.69, 9.17) is 9.15 Å². The van der Waals surface area contributed by atoms with Gasteiger partial charge in [0.15, 0.2) is 0 Å². The number of furan rings is 1. The number of nitrogens with zero attached hydrogens (tertiary/aromatic N) is 2. The van der Waals surface area contributed by atoms with Crippen molar-refractivity contribution in [3.63, 3.8) is 0 Å². The molecule has 3 aromatic rings. The van der Waals surface area contributed by atoms with Gasteiger partial charge in [0, 0.05) is 41.8 Å². The number of carbonyl (C=O) groups is 2. The second-order valence-corrected chi connectivity index (χ2v) is 8.78. The van der Waals surface area contributed by atoms with Crippen LogP contribution < -0.4 is 5.32 Å². The van der Waals surface area contributed by atoms with Crippen molar-refractivity contribution in [2.24, 2.45) is 0 Å². The normalized spacial score (nSPS) is 15.1. The molecule has 1 fully saturated rings. The molecule has 1 aromatic carbocycles. The molecule has 0 atom stereocenters. The van der Waals surface area contributed by atoms with E-state index < -0.39 is 5.60 Å². The first kappa shape index (κ1) is 20.9. The number of pyridine rings is 1. The third-order valence-corrected chi connectivity index (χ3v) is 5.28. The topological polar surface area (TPSA) is 84.7 Å². The second-order valence-electron chi connectivity index (χ2n) is 8.78. The van der Waals surface area contributed by atoms with Gasteiger partial charge in [0.1, 0.15) is 11.2 Å². The number of benzene rings is 1. The molecule has 7 nitrogen and oxygen atoms in total. The van der Waals surface area contributed by atoms with Gasteiger partial charge >= 0.3 is 6.09 Å². The zero-order chi connectivity index (χ0) is 22.0. The largest absolute Gasteiger partial charge is 0.464 e. The lowest BCUT2D eigenvalue weighted by molar-refractivity contribution is 0.0199. The predicted molar refractivity (Wildman–Crippen MR) is 118 cm³/mol. The molecular formula is C24H27N3O4. The van der Waals surface area contributed by atoms with Crippen LogP contribution in [0, 0.1) is 0 Å². The minimum atomic E-state index is -0.507. The molecule has 0 saturated carbocycles. The zero-order valence-electron chi connectivity index (χ0n) is 18.1. The minimum absolute atomic E-state index is 0.0345. The number of hydrogen-bond donors (Lipinski definition) is 1. The first-order chi connectivity index (χ1) is 14.8. The molecule has 0 unspecified atom stereocenters. The van der Waals surface area contributed by atoms with Crippen LogP contribution in [-0.4, -0.2) is 46.6 Å². The number of rotatable bonds is 3. The Morgan fingerprint density at radius 2 is 1.81 bits per heavy atom. The van der Waals surface area contributed by atoms with Gasteiger partial charge in [-0.3, -0.25) is 9.78 Å². The van der Waals surface area contributed by atoms with Gasteiger partial charge < -0.3 is 19.4 Å². The lowest BCUT2D eigenvalue weighted by Crippen LogP contribution is -2.47. The average molecular weight is 421 g/mol. The van der Waals surface area contributed by atoms with E-state index in [2.05, 4.69) is 10.3 Å². The number of fused-ring (bicyclic) bond motifs is 1. The maximum atomic E-state index is 12.7. The summed E-state index contributed by atoms with van der Waals surface area (Å²) in [5, 5.41) is 4.02. The molecule has 4 rings (SSSR count). The van der Waals surface area contributed by atoms with Gasteiger partial charge in [0.05, 0.1) is 12.0 Å². The maximum absolute atomic E-state index is 12.7. The Morgan fingerprint density at radius 3 is 2.48 bits per heavy atom. The van der Waals surface area contributed by atoms with Crippen LogP contribution >= 0.6 is 0 Å². The highest BCUT2D eigenvalue weighted by Crippen LogP contribution is 2.27. The van der Waals surface area contributed by atoms with Gasteiger partial charge in [-0.15, -0.1) is 0 Å². The lowest BCUT2D eigenvalue weighted by Gasteiger charge is -2.33. The Morgan fingerprint density at radius 1 is 1.10 bits per heavy atom. The molecule has 2 aromatic heterocycles.